The second kappa shape index (κ2) is 8.99. The number of rotatable bonds is 7. The van der Waals surface area contributed by atoms with Gasteiger partial charge in [0.2, 0.25) is 10.0 Å². The smallest absolute Gasteiger partial charge is 0.272 e. The number of aryl methyl sites for hydroxylation is 2. The summed E-state index contributed by atoms with van der Waals surface area (Å²) in [6.45, 7) is 7.71. The van der Waals surface area contributed by atoms with Gasteiger partial charge in [-0.05, 0) is 63.6 Å². The van der Waals surface area contributed by atoms with Crippen LogP contribution in [0.15, 0.2) is 52.2 Å². The molecule has 9 heteroatoms. The third-order valence-corrected chi connectivity index (χ3v) is 6.40. The molecule has 0 aliphatic rings. The summed E-state index contributed by atoms with van der Waals surface area (Å²) in [5, 5.41) is 2.80. The molecular weight excluding hydrogens is 416 g/mol. The number of amides is 1. The summed E-state index contributed by atoms with van der Waals surface area (Å²) >= 11 is 0. The van der Waals surface area contributed by atoms with Crippen molar-refractivity contribution >= 4 is 27.0 Å². The predicted molar refractivity (Wildman–Crippen MR) is 119 cm³/mol. The van der Waals surface area contributed by atoms with Crippen molar-refractivity contribution < 1.29 is 13.2 Å². The Morgan fingerprint density at radius 2 is 1.90 bits per heavy atom. The molecule has 1 heterocycles. The molecule has 0 saturated heterocycles. The Morgan fingerprint density at radius 3 is 2.58 bits per heavy atom. The van der Waals surface area contributed by atoms with Crippen LogP contribution in [0.1, 0.15) is 42.4 Å². The largest absolute Gasteiger partial charge is 0.348 e. The minimum absolute atomic E-state index is 0.144. The quantitative estimate of drug-likeness (QED) is 0.584. The number of benzene rings is 2. The molecule has 0 spiro atoms. The Hall–Kier alpha value is -3.04. The van der Waals surface area contributed by atoms with E-state index in [1.807, 2.05) is 6.92 Å². The lowest BCUT2D eigenvalue weighted by atomic mass is 10.1. The summed E-state index contributed by atoms with van der Waals surface area (Å²) in [4.78, 5) is 29.3. The van der Waals surface area contributed by atoms with E-state index in [0.717, 1.165) is 0 Å². The highest BCUT2D eigenvalue weighted by Crippen LogP contribution is 2.15. The van der Waals surface area contributed by atoms with Gasteiger partial charge in [-0.3, -0.25) is 9.59 Å². The van der Waals surface area contributed by atoms with Gasteiger partial charge in [0.1, 0.15) is 5.69 Å². The molecule has 0 bridgehead atoms. The van der Waals surface area contributed by atoms with Crippen LogP contribution in [0.4, 0.5) is 0 Å². The summed E-state index contributed by atoms with van der Waals surface area (Å²) in [6.07, 6.45) is 0. The van der Waals surface area contributed by atoms with E-state index in [-0.39, 0.29) is 28.9 Å². The number of hydrogen-bond acceptors (Lipinski definition) is 5. The maximum atomic E-state index is 12.7. The molecule has 0 aliphatic carbocycles. The number of hydrogen-bond donors (Lipinski definition) is 2. The number of carbonyl (C=O) groups excluding carboxylic acids is 1. The third-order valence-electron chi connectivity index (χ3n) is 4.74. The summed E-state index contributed by atoms with van der Waals surface area (Å²) in [6, 6.07) is 11.2. The van der Waals surface area contributed by atoms with Crippen LogP contribution in [0, 0.1) is 6.92 Å². The SMILES string of the molecule is CCn1c(=O)c(C)nc2cc(C(=O)NCc3cccc(S(=O)(=O)NC(C)C)c3)ccc21. The molecule has 2 N–H and O–H groups in total. The van der Waals surface area contributed by atoms with Gasteiger partial charge in [-0.2, -0.15) is 0 Å². The van der Waals surface area contributed by atoms with Crippen molar-refractivity contribution in [2.75, 3.05) is 0 Å². The molecule has 31 heavy (non-hydrogen) atoms. The zero-order chi connectivity index (χ0) is 22.8. The van der Waals surface area contributed by atoms with Crippen molar-refractivity contribution in [2.24, 2.45) is 0 Å². The normalized spacial score (nSPS) is 11.8. The minimum atomic E-state index is -3.61. The summed E-state index contributed by atoms with van der Waals surface area (Å²) in [5.41, 5.74) is 2.54. The maximum absolute atomic E-state index is 12.7. The molecule has 0 atom stereocenters. The van der Waals surface area contributed by atoms with Gasteiger partial charge in [0, 0.05) is 24.7 Å². The Labute approximate surface area is 181 Å². The second-order valence-electron chi connectivity index (χ2n) is 7.56. The van der Waals surface area contributed by atoms with Gasteiger partial charge in [0.25, 0.3) is 11.5 Å². The number of fused-ring (bicyclic) bond motifs is 1. The van der Waals surface area contributed by atoms with E-state index in [1.165, 1.54) is 12.1 Å². The summed E-state index contributed by atoms with van der Waals surface area (Å²) in [7, 11) is -3.61. The van der Waals surface area contributed by atoms with Gasteiger partial charge < -0.3 is 9.88 Å². The molecule has 3 rings (SSSR count). The van der Waals surface area contributed by atoms with Crippen molar-refractivity contribution in [3.63, 3.8) is 0 Å². The zero-order valence-electron chi connectivity index (χ0n) is 18.0. The lowest BCUT2D eigenvalue weighted by molar-refractivity contribution is 0.0951. The van der Waals surface area contributed by atoms with Crippen molar-refractivity contribution in [3.05, 3.63) is 69.6 Å². The number of nitrogens with zero attached hydrogens (tertiary/aromatic N) is 2. The first kappa shape index (κ1) is 22.6. The molecule has 0 saturated carbocycles. The van der Waals surface area contributed by atoms with Crippen molar-refractivity contribution in [2.45, 2.75) is 51.7 Å². The summed E-state index contributed by atoms with van der Waals surface area (Å²) in [5.74, 6) is -0.316. The highest BCUT2D eigenvalue weighted by atomic mass is 32.2. The van der Waals surface area contributed by atoms with Gasteiger partial charge in [-0.25, -0.2) is 18.1 Å². The van der Waals surface area contributed by atoms with Gasteiger partial charge in [0.05, 0.1) is 15.9 Å². The number of nitrogens with one attached hydrogen (secondary N) is 2. The van der Waals surface area contributed by atoms with Gasteiger partial charge in [-0.15, -0.1) is 0 Å². The highest BCUT2D eigenvalue weighted by Gasteiger charge is 2.16. The lowest BCUT2D eigenvalue weighted by Gasteiger charge is -2.12. The highest BCUT2D eigenvalue weighted by molar-refractivity contribution is 7.89. The average Bonchev–Trinajstić information content (AvgIpc) is 2.72. The number of aromatic nitrogens is 2. The molecule has 1 amide bonds. The first-order valence-electron chi connectivity index (χ1n) is 10.0. The van der Waals surface area contributed by atoms with Crippen LogP contribution in [-0.2, 0) is 23.1 Å². The Balaban J connectivity index is 1.80. The van der Waals surface area contributed by atoms with E-state index >= 15 is 0 Å². The molecule has 3 aromatic rings. The Morgan fingerprint density at radius 1 is 1.16 bits per heavy atom. The topological polar surface area (TPSA) is 110 Å². The fourth-order valence-electron chi connectivity index (χ4n) is 3.31. The van der Waals surface area contributed by atoms with Gasteiger partial charge in [0.15, 0.2) is 0 Å². The van der Waals surface area contributed by atoms with E-state index in [2.05, 4.69) is 15.0 Å². The van der Waals surface area contributed by atoms with Gasteiger partial charge >= 0.3 is 0 Å². The molecule has 164 valence electrons. The first-order chi connectivity index (χ1) is 14.6. The van der Waals surface area contributed by atoms with Crippen LogP contribution in [0.2, 0.25) is 0 Å². The average molecular weight is 443 g/mol. The standard InChI is InChI=1S/C22H26N4O4S/c1-5-26-20-10-9-17(12-19(20)24-15(4)22(26)28)21(27)23-13-16-7-6-8-18(11-16)31(29,30)25-14(2)3/h6-12,14,25H,5,13H2,1-4H3,(H,23,27). The van der Waals surface area contributed by atoms with E-state index in [1.54, 1.807) is 55.7 Å². The molecule has 0 unspecified atom stereocenters. The summed E-state index contributed by atoms with van der Waals surface area (Å²) < 4.78 is 28.9. The number of carbonyl (C=O) groups is 1. The molecule has 0 aliphatic heterocycles. The minimum Gasteiger partial charge on any atom is -0.348 e. The Bertz CT molecular complexity index is 1300. The van der Waals surface area contributed by atoms with Crippen LogP contribution in [0.25, 0.3) is 11.0 Å². The molecular formula is C22H26N4O4S. The molecule has 0 fully saturated rings. The zero-order valence-corrected chi connectivity index (χ0v) is 18.8. The fourth-order valence-corrected chi connectivity index (χ4v) is 4.64. The van der Waals surface area contributed by atoms with E-state index in [0.29, 0.717) is 34.4 Å². The van der Waals surface area contributed by atoms with E-state index < -0.39 is 10.0 Å². The van der Waals surface area contributed by atoms with Crippen LogP contribution in [0.5, 0.6) is 0 Å². The van der Waals surface area contributed by atoms with Crippen molar-refractivity contribution in [3.8, 4) is 0 Å². The van der Waals surface area contributed by atoms with E-state index in [4.69, 9.17) is 0 Å². The molecule has 0 radical (unpaired) electrons. The van der Waals surface area contributed by atoms with Crippen molar-refractivity contribution in [1.82, 2.24) is 19.6 Å². The van der Waals surface area contributed by atoms with Crippen LogP contribution in [0.3, 0.4) is 0 Å². The van der Waals surface area contributed by atoms with Crippen LogP contribution < -0.4 is 15.6 Å². The molecule has 8 nitrogen and oxygen atoms in total. The van der Waals surface area contributed by atoms with Gasteiger partial charge in [-0.1, -0.05) is 12.1 Å². The first-order valence-corrected chi connectivity index (χ1v) is 11.5. The van der Waals surface area contributed by atoms with Crippen LogP contribution in [-0.4, -0.2) is 29.9 Å². The number of sulfonamides is 1. The molecule has 2 aromatic carbocycles. The fraction of sp³-hybridized carbons (Fsp3) is 0.318. The monoisotopic (exact) mass is 442 g/mol. The van der Waals surface area contributed by atoms with Crippen LogP contribution >= 0.6 is 0 Å². The molecule has 1 aromatic heterocycles. The second-order valence-corrected chi connectivity index (χ2v) is 9.27. The predicted octanol–water partition coefficient (Wildman–Crippen LogP) is 2.34. The lowest BCUT2D eigenvalue weighted by Crippen LogP contribution is -2.30. The maximum Gasteiger partial charge on any atom is 0.272 e. The van der Waals surface area contributed by atoms with Crippen molar-refractivity contribution in [1.29, 1.82) is 0 Å². The van der Waals surface area contributed by atoms with E-state index in [9.17, 15) is 18.0 Å². The Kier molecular flexibility index (Phi) is 6.56. The third kappa shape index (κ3) is 5.00.